The van der Waals surface area contributed by atoms with E-state index in [1.54, 1.807) is 0 Å². The predicted octanol–water partition coefficient (Wildman–Crippen LogP) is 10.2. The van der Waals surface area contributed by atoms with Crippen LogP contribution in [0.3, 0.4) is 0 Å². The summed E-state index contributed by atoms with van der Waals surface area (Å²) in [7, 11) is 0. The summed E-state index contributed by atoms with van der Waals surface area (Å²) in [5, 5.41) is 0. The zero-order chi connectivity index (χ0) is 25.1. The monoisotopic (exact) mass is 491 g/mol. The van der Waals surface area contributed by atoms with Crippen molar-refractivity contribution in [3.63, 3.8) is 0 Å². The highest BCUT2D eigenvalue weighted by atomic mass is 15.1. The summed E-state index contributed by atoms with van der Waals surface area (Å²) < 4.78 is 0. The van der Waals surface area contributed by atoms with Crippen LogP contribution in [-0.4, -0.2) is 19.6 Å². The lowest BCUT2D eigenvalue weighted by molar-refractivity contribution is -0.906. The second kappa shape index (κ2) is 26.8. The molecule has 1 N–H and O–H groups in total. The molecule has 208 valence electrons. The summed E-state index contributed by atoms with van der Waals surface area (Å²) in [4.78, 5) is 1.92. The molecule has 1 rings (SSSR count). The van der Waals surface area contributed by atoms with Crippen molar-refractivity contribution in [2.24, 2.45) is 5.92 Å². The molecular formula is C34H68N+. The third-order valence-corrected chi connectivity index (χ3v) is 8.57. The lowest BCUT2D eigenvalue weighted by Crippen LogP contribution is -3.13. The van der Waals surface area contributed by atoms with E-state index in [1.807, 2.05) is 4.90 Å². The van der Waals surface area contributed by atoms with Gasteiger partial charge < -0.3 is 4.90 Å². The number of hydrogen-bond acceptors (Lipinski definition) is 0. The van der Waals surface area contributed by atoms with Crippen LogP contribution in [0.5, 0.6) is 0 Å². The van der Waals surface area contributed by atoms with E-state index in [0.717, 1.165) is 5.92 Å². The van der Waals surface area contributed by atoms with Crippen molar-refractivity contribution in [1.82, 2.24) is 0 Å². The van der Waals surface area contributed by atoms with Gasteiger partial charge in [0.25, 0.3) is 0 Å². The number of nitrogens with one attached hydrogen (secondary N) is 1. The minimum atomic E-state index is 1.06. The van der Waals surface area contributed by atoms with E-state index >= 15 is 0 Å². The lowest BCUT2D eigenvalue weighted by atomic mass is 9.91. The summed E-state index contributed by atoms with van der Waals surface area (Å²) in [6.07, 6.45) is 42.5. The Balaban J connectivity index is 1.78. The Bertz CT molecular complexity index is 420. The van der Waals surface area contributed by atoms with Crippen molar-refractivity contribution in [2.45, 2.75) is 181 Å². The molecule has 1 heterocycles. The van der Waals surface area contributed by atoms with Crippen molar-refractivity contribution in [1.29, 1.82) is 0 Å². The molecular weight excluding hydrogens is 422 g/mol. The van der Waals surface area contributed by atoms with E-state index in [9.17, 15) is 0 Å². The molecule has 0 unspecified atom stereocenters. The van der Waals surface area contributed by atoms with Gasteiger partial charge in [-0.15, -0.1) is 0 Å². The second-order valence-electron chi connectivity index (χ2n) is 12.0. The molecule has 0 amide bonds. The quantitative estimate of drug-likeness (QED) is 0.0908. The van der Waals surface area contributed by atoms with Gasteiger partial charge in [0.2, 0.25) is 0 Å². The topological polar surface area (TPSA) is 4.44 Å². The average Bonchev–Trinajstić information content (AvgIpc) is 2.88. The standard InChI is InChI=1S/C34H67N/c1-3-5-7-9-11-13-14-15-16-17-18-19-21-23-25-27-31-35-32-29-34(30-33-35)28-26-24-22-20-12-10-8-6-4-2/h15-16,34H,3-14,17-33H2,1-2H3/p+1/b16-15-. The molecule has 1 aliphatic heterocycles. The number of likely N-dealkylation sites (tertiary alicyclic amines) is 1. The smallest absolute Gasteiger partial charge is 0.0773 e. The summed E-state index contributed by atoms with van der Waals surface area (Å²) in [6, 6.07) is 0. The maximum atomic E-state index is 2.45. The number of allylic oxidation sites excluding steroid dienone is 2. The Morgan fingerprint density at radius 1 is 0.486 bits per heavy atom. The number of rotatable bonds is 26. The largest absolute Gasteiger partial charge is 0.335 e. The van der Waals surface area contributed by atoms with Crippen LogP contribution in [0.15, 0.2) is 12.2 Å². The molecule has 35 heavy (non-hydrogen) atoms. The Kier molecular flexibility index (Phi) is 25.0. The first-order valence-electron chi connectivity index (χ1n) is 16.8. The van der Waals surface area contributed by atoms with Crippen LogP contribution in [0.2, 0.25) is 0 Å². The molecule has 0 radical (unpaired) electrons. The van der Waals surface area contributed by atoms with Crippen LogP contribution in [0, 0.1) is 5.92 Å². The normalized spacial score (nSPS) is 18.6. The fraction of sp³-hybridized carbons (Fsp3) is 0.941. The van der Waals surface area contributed by atoms with Crippen molar-refractivity contribution < 1.29 is 4.90 Å². The highest BCUT2D eigenvalue weighted by molar-refractivity contribution is 4.81. The first-order chi connectivity index (χ1) is 17.4. The Hall–Kier alpha value is -0.300. The highest BCUT2D eigenvalue weighted by Crippen LogP contribution is 2.19. The maximum Gasteiger partial charge on any atom is 0.0773 e. The van der Waals surface area contributed by atoms with Crippen molar-refractivity contribution >= 4 is 0 Å². The molecule has 0 aromatic carbocycles. The van der Waals surface area contributed by atoms with Crippen molar-refractivity contribution in [3.8, 4) is 0 Å². The van der Waals surface area contributed by atoms with Gasteiger partial charge in [0, 0.05) is 0 Å². The summed E-state index contributed by atoms with van der Waals surface area (Å²) in [6.45, 7) is 8.99. The Morgan fingerprint density at radius 3 is 1.37 bits per heavy atom. The molecule has 1 saturated heterocycles. The van der Waals surface area contributed by atoms with Crippen molar-refractivity contribution in [2.75, 3.05) is 19.6 Å². The molecule has 0 bridgehead atoms. The van der Waals surface area contributed by atoms with Crippen LogP contribution < -0.4 is 4.90 Å². The van der Waals surface area contributed by atoms with Gasteiger partial charge in [0.15, 0.2) is 0 Å². The third kappa shape index (κ3) is 22.6. The second-order valence-corrected chi connectivity index (χ2v) is 12.0. The van der Waals surface area contributed by atoms with E-state index < -0.39 is 0 Å². The van der Waals surface area contributed by atoms with Crippen LogP contribution in [0.25, 0.3) is 0 Å². The highest BCUT2D eigenvalue weighted by Gasteiger charge is 2.21. The molecule has 1 heteroatoms. The van der Waals surface area contributed by atoms with Gasteiger partial charge in [0.05, 0.1) is 19.6 Å². The average molecular weight is 491 g/mol. The maximum absolute atomic E-state index is 2.45. The number of hydrogen-bond donors (Lipinski definition) is 1. The van der Waals surface area contributed by atoms with Gasteiger partial charge in [-0.3, -0.25) is 0 Å². The predicted molar refractivity (Wildman–Crippen MR) is 160 cm³/mol. The zero-order valence-corrected chi connectivity index (χ0v) is 24.7. The minimum Gasteiger partial charge on any atom is -0.335 e. The lowest BCUT2D eigenvalue weighted by Gasteiger charge is -2.29. The van der Waals surface area contributed by atoms with Crippen molar-refractivity contribution in [3.05, 3.63) is 12.2 Å². The van der Waals surface area contributed by atoms with Crippen LogP contribution in [0.1, 0.15) is 181 Å². The van der Waals surface area contributed by atoms with Crippen LogP contribution in [0.4, 0.5) is 0 Å². The van der Waals surface area contributed by atoms with E-state index in [-0.39, 0.29) is 0 Å². The van der Waals surface area contributed by atoms with E-state index in [0.29, 0.717) is 0 Å². The molecule has 1 aliphatic rings. The van der Waals surface area contributed by atoms with Gasteiger partial charge in [-0.25, -0.2) is 0 Å². The molecule has 0 aromatic rings. The molecule has 0 aromatic heterocycles. The van der Waals surface area contributed by atoms with E-state index in [2.05, 4.69) is 26.0 Å². The van der Waals surface area contributed by atoms with Gasteiger partial charge in [-0.1, -0.05) is 142 Å². The zero-order valence-electron chi connectivity index (χ0n) is 24.7. The molecule has 0 atom stereocenters. The van der Waals surface area contributed by atoms with Gasteiger partial charge in [0.1, 0.15) is 0 Å². The fourth-order valence-electron chi connectivity index (χ4n) is 5.99. The summed E-state index contributed by atoms with van der Waals surface area (Å²) in [5.41, 5.74) is 0. The van der Waals surface area contributed by atoms with Gasteiger partial charge in [-0.2, -0.15) is 0 Å². The third-order valence-electron chi connectivity index (χ3n) is 8.57. The number of unbranched alkanes of at least 4 members (excludes halogenated alkanes) is 20. The van der Waals surface area contributed by atoms with E-state index in [4.69, 9.17) is 0 Å². The molecule has 0 aliphatic carbocycles. The van der Waals surface area contributed by atoms with Gasteiger partial charge in [-0.05, 0) is 57.3 Å². The molecule has 1 fully saturated rings. The minimum absolute atomic E-state index is 1.06. The molecule has 0 spiro atoms. The molecule has 1 nitrogen and oxygen atoms in total. The van der Waals surface area contributed by atoms with E-state index in [1.165, 1.54) is 187 Å². The SMILES string of the molecule is CCCCCCCC/C=C\CCCCCCCC[NH+]1CCC(CCCCCCCCCCC)CC1. The first kappa shape index (κ1) is 32.7. The summed E-state index contributed by atoms with van der Waals surface area (Å²) in [5.74, 6) is 1.06. The van der Waals surface area contributed by atoms with Crippen LogP contribution in [-0.2, 0) is 0 Å². The first-order valence-corrected chi connectivity index (χ1v) is 16.8. The number of piperidine rings is 1. The van der Waals surface area contributed by atoms with Gasteiger partial charge >= 0.3 is 0 Å². The van der Waals surface area contributed by atoms with Crippen LogP contribution >= 0.6 is 0 Å². The Morgan fingerprint density at radius 2 is 0.886 bits per heavy atom. The molecule has 0 saturated carbocycles. The Labute approximate surface area is 223 Å². The fourth-order valence-corrected chi connectivity index (χ4v) is 5.99. The summed E-state index contributed by atoms with van der Waals surface area (Å²) >= 11 is 0. The number of quaternary nitrogens is 1.